The van der Waals surface area contributed by atoms with Crippen molar-refractivity contribution in [3.8, 4) is 0 Å². The van der Waals surface area contributed by atoms with E-state index in [2.05, 4.69) is 74.1 Å². The highest BCUT2D eigenvalue weighted by atomic mass is 15.3. The third-order valence-corrected chi connectivity index (χ3v) is 6.61. The van der Waals surface area contributed by atoms with Crippen molar-refractivity contribution in [2.45, 2.75) is 52.5 Å². The van der Waals surface area contributed by atoms with Crippen LogP contribution in [0, 0.1) is 5.41 Å². The highest BCUT2D eigenvalue weighted by molar-refractivity contribution is 5.77. The number of allylic oxidation sites excluding steroid dienone is 2. The lowest BCUT2D eigenvalue weighted by Crippen LogP contribution is -2.52. The molecule has 2 aliphatic rings. The number of rotatable bonds is 4. The van der Waals surface area contributed by atoms with Crippen molar-refractivity contribution in [2.75, 3.05) is 45.6 Å². The van der Waals surface area contributed by atoms with Gasteiger partial charge in [-0.3, -0.25) is 4.90 Å². The van der Waals surface area contributed by atoms with Crippen LogP contribution in [0.2, 0.25) is 0 Å². The van der Waals surface area contributed by atoms with Crippen LogP contribution in [0.1, 0.15) is 58.1 Å². The standard InChI is InChI=1S/C23H37N3/c1-22(2)11-9-18(10-12-22)20-17-19(7-8-21(20)24-5)23(3,4)26-15-13-25(6)14-16-26/h7-9,17,24H,10-16H2,1-6H3. The molecule has 1 N–H and O–H groups in total. The van der Waals surface area contributed by atoms with Crippen LogP contribution in [0.15, 0.2) is 24.3 Å². The summed E-state index contributed by atoms with van der Waals surface area (Å²) in [7, 11) is 4.26. The first-order chi connectivity index (χ1) is 12.2. The molecule has 144 valence electrons. The minimum Gasteiger partial charge on any atom is -0.388 e. The minimum absolute atomic E-state index is 0.0662. The molecule has 1 aromatic rings. The molecule has 0 bridgehead atoms. The third kappa shape index (κ3) is 3.99. The van der Waals surface area contributed by atoms with Crippen LogP contribution in [0.3, 0.4) is 0 Å². The van der Waals surface area contributed by atoms with Gasteiger partial charge in [0.2, 0.25) is 0 Å². The largest absolute Gasteiger partial charge is 0.388 e. The Morgan fingerprint density at radius 3 is 2.35 bits per heavy atom. The van der Waals surface area contributed by atoms with Crippen molar-refractivity contribution >= 4 is 11.3 Å². The third-order valence-electron chi connectivity index (χ3n) is 6.61. The molecule has 0 unspecified atom stereocenters. The number of likely N-dealkylation sites (N-methyl/N-ethyl adjacent to an activating group) is 1. The molecule has 1 aromatic carbocycles. The van der Waals surface area contributed by atoms with Crippen molar-refractivity contribution in [2.24, 2.45) is 5.41 Å². The molecule has 1 aliphatic heterocycles. The monoisotopic (exact) mass is 355 g/mol. The van der Waals surface area contributed by atoms with Crippen molar-refractivity contribution in [1.82, 2.24) is 9.80 Å². The van der Waals surface area contributed by atoms with Gasteiger partial charge < -0.3 is 10.2 Å². The van der Waals surface area contributed by atoms with Gasteiger partial charge in [0.15, 0.2) is 0 Å². The molecule has 0 amide bonds. The van der Waals surface area contributed by atoms with E-state index in [0.717, 1.165) is 26.2 Å². The molecule has 0 saturated carbocycles. The van der Waals surface area contributed by atoms with Gasteiger partial charge in [-0.1, -0.05) is 26.0 Å². The summed E-state index contributed by atoms with van der Waals surface area (Å²) in [6, 6.07) is 7.05. The molecule has 0 atom stereocenters. The SMILES string of the molecule is CNc1ccc(C(C)(C)N2CCN(C)CC2)cc1C1=CCC(C)(C)CC1. The van der Waals surface area contributed by atoms with Crippen molar-refractivity contribution < 1.29 is 0 Å². The second-order valence-corrected chi connectivity index (χ2v) is 9.46. The number of nitrogens with one attached hydrogen (secondary N) is 1. The fourth-order valence-electron chi connectivity index (χ4n) is 4.28. The van der Waals surface area contributed by atoms with Crippen LogP contribution in [-0.2, 0) is 5.54 Å². The van der Waals surface area contributed by atoms with E-state index in [1.807, 2.05) is 7.05 Å². The molecule has 3 rings (SSSR count). The Kier molecular flexibility index (Phi) is 5.50. The predicted octanol–water partition coefficient (Wildman–Crippen LogP) is 4.80. The van der Waals surface area contributed by atoms with E-state index in [9.17, 15) is 0 Å². The van der Waals surface area contributed by atoms with Crippen LogP contribution in [-0.4, -0.2) is 50.1 Å². The lowest BCUT2D eigenvalue weighted by atomic mass is 9.76. The average molecular weight is 356 g/mol. The number of anilines is 1. The van der Waals surface area contributed by atoms with Crippen LogP contribution < -0.4 is 5.32 Å². The summed E-state index contributed by atoms with van der Waals surface area (Å²) >= 11 is 0. The van der Waals surface area contributed by atoms with Gasteiger partial charge in [0.25, 0.3) is 0 Å². The summed E-state index contributed by atoms with van der Waals surface area (Å²) in [4.78, 5) is 5.07. The van der Waals surface area contributed by atoms with E-state index in [1.165, 1.54) is 41.6 Å². The van der Waals surface area contributed by atoms with E-state index in [1.54, 1.807) is 0 Å². The Hall–Kier alpha value is -1.32. The molecule has 1 fully saturated rings. The molecule has 3 nitrogen and oxygen atoms in total. The number of piperazine rings is 1. The summed E-state index contributed by atoms with van der Waals surface area (Å²) in [5.41, 5.74) is 6.12. The van der Waals surface area contributed by atoms with Crippen LogP contribution in [0.25, 0.3) is 5.57 Å². The Morgan fingerprint density at radius 2 is 1.77 bits per heavy atom. The first-order valence-electron chi connectivity index (χ1n) is 10.2. The smallest absolute Gasteiger partial charge is 0.0414 e. The zero-order valence-electron chi connectivity index (χ0n) is 17.7. The predicted molar refractivity (Wildman–Crippen MR) is 114 cm³/mol. The van der Waals surface area contributed by atoms with Crippen molar-refractivity contribution in [3.63, 3.8) is 0 Å². The second kappa shape index (κ2) is 7.36. The van der Waals surface area contributed by atoms with Gasteiger partial charge in [-0.25, -0.2) is 0 Å². The molecule has 0 radical (unpaired) electrons. The zero-order valence-corrected chi connectivity index (χ0v) is 17.7. The quantitative estimate of drug-likeness (QED) is 0.836. The van der Waals surface area contributed by atoms with Gasteiger partial charge in [0.05, 0.1) is 0 Å². The Balaban J connectivity index is 1.91. The van der Waals surface area contributed by atoms with Gasteiger partial charge in [-0.05, 0) is 68.8 Å². The van der Waals surface area contributed by atoms with Crippen LogP contribution >= 0.6 is 0 Å². The number of nitrogens with zero attached hydrogens (tertiary/aromatic N) is 2. The fourth-order valence-corrected chi connectivity index (χ4v) is 4.28. The normalized spacial score (nSPS) is 22.2. The van der Waals surface area contributed by atoms with E-state index in [-0.39, 0.29) is 5.54 Å². The second-order valence-electron chi connectivity index (χ2n) is 9.46. The van der Waals surface area contributed by atoms with E-state index in [0.29, 0.717) is 5.41 Å². The Morgan fingerprint density at radius 1 is 1.08 bits per heavy atom. The van der Waals surface area contributed by atoms with E-state index in [4.69, 9.17) is 0 Å². The first-order valence-corrected chi connectivity index (χ1v) is 10.2. The first kappa shape index (κ1) is 19.4. The summed E-state index contributed by atoms with van der Waals surface area (Å²) in [6.45, 7) is 14.1. The summed E-state index contributed by atoms with van der Waals surface area (Å²) < 4.78 is 0. The molecule has 1 aliphatic carbocycles. The molecule has 0 spiro atoms. The maximum absolute atomic E-state index is 3.42. The fraction of sp³-hybridized carbons (Fsp3) is 0.652. The van der Waals surface area contributed by atoms with Crippen molar-refractivity contribution in [3.05, 3.63) is 35.4 Å². The molecule has 3 heteroatoms. The topological polar surface area (TPSA) is 18.5 Å². The minimum atomic E-state index is 0.0662. The molecule has 26 heavy (non-hydrogen) atoms. The van der Waals surface area contributed by atoms with Crippen LogP contribution in [0.4, 0.5) is 5.69 Å². The molecule has 1 heterocycles. The highest BCUT2D eigenvalue weighted by Crippen LogP contribution is 2.41. The van der Waals surface area contributed by atoms with E-state index >= 15 is 0 Å². The lowest BCUT2D eigenvalue weighted by Gasteiger charge is -2.44. The molecule has 1 saturated heterocycles. The molecule has 0 aromatic heterocycles. The van der Waals surface area contributed by atoms with Gasteiger partial charge >= 0.3 is 0 Å². The number of benzene rings is 1. The van der Waals surface area contributed by atoms with Gasteiger partial charge in [-0.2, -0.15) is 0 Å². The molecular formula is C23H37N3. The summed E-state index contributed by atoms with van der Waals surface area (Å²) in [6.07, 6.45) is 6.11. The van der Waals surface area contributed by atoms with E-state index < -0.39 is 0 Å². The van der Waals surface area contributed by atoms with Gasteiger partial charge in [0, 0.05) is 50.0 Å². The van der Waals surface area contributed by atoms with Gasteiger partial charge in [-0.15, -0.1) is 0 Å². The van der Waals surface area contributed by atoms with Crippen LogP contribution in [0.5, 0.6) is 0 Å². The molecular weight excluding hydrogens is 318 g/mol. The highest BCUT2D eigenvalue weighted by Gasteiger charge is 2.32. The summed E-state index contributed by atoms with van der Waals surface area (Å²) in [5, 5.41) is 3.42. The summed E-state index contributed by atoms with van der Waals surface area (Å²) in [5.74, 6) is 0. The maximum Gasteiger partial charge on any atom is 0.0414 e. The maximum atomic E-state index is 3.42. The Labute approximate surface area is 160 Å². The van der Waals surface area contributed by atoms with Gasteiger partial charge in [0.1, 0.15) is 0 Å². The zero-order chi connectivity index (χ0) is 18.9. The Bertz CT molecular complexity index is 664. The lowest BCUT2D eigenvalue weighted by molar-refractivity contribution is 0.0606. The number of hydrogen-bond acceptors (Lipinski definition) is 3. The number of hydrogen-bond donors (Lipinski definition) is 1. The van der Waals surface area contributed by atoms with Crippen molar-refractivity contribution in [1.29, 1.82) is 0 Å². The average Bonchev–Trinajstić information content (AvgIpc) is 2.61.